The van der Waals surface area contributed by atoms with Crippen LogP contribution in [0.3, 0.4) is 0 Å². The molecule has 2 saturated heterocycles. The number of benzene rings is 2. The van der Waals surface area contributed by atoms with Gasteiger partial charge < -0.3 is 24.8 Å². The summed E-state index contributed by atoms with van der Waals surface area (Å²) in [6.07, 6.45) is 0. The van der Waals surface area contributed by atoms with Crippen LogP contribution < -0.4 is 15.1 Å². The van der Waals surface area contributed by atoms with Gasteiger partial charge in [0.2, 0.25) is 0 Å². The Bertz CT molecular complexity index is 1070. The summed E-state index contributed by atoms with van der Waals surface area (Å²) in [7, 11) is 2.16. The number of ether oxygens (including phenoxy) is 1. The number of nitrogens with zero attached hydrogens (tertiary/aromatic N) is 4. The van der Waals surface area contributed by atoms with Crippen molar-refractivity contribution in [1.82, 2.24) is 9.88 Å². The van der Waals surface area contributed by atoms with E-state index in [0.29, 0.717) is 5.69 Å². The molecule has 2 aliphatic heterocycles. The van der Waals surface area contributed by atoms with Gasteiger partial charge in [-0.15, -0.1) is 11.3 Å². The summed E-state index contributed by atoms with van der Waals surface area (Å²) < 4.78 is 5.41. The van der Waals surface area contributed by atoms with E-state index < -0.39 is 0 Å². The van der Waals surface area contributed by atoms with E-state index in [1.807, 2.05) is 29.6 Å². The van der Waals surface area contributed by atoms with Crippen LogP contribution in [0.25, 0.3) is 10.6 Å². The Balaban J connectivity index is 1.20. The maximum absolute atomic E-state index is 12.7. The van der Waals surface area contributed by atoms with Gasteiger partial charge in [-0.25, -0.2) is 4.98 Å². The molecule has 3 heterocycles. The van der Waals surface area contributed by atoms with Crippen LogP contribution in [-0.2, 0) is 4.74 Å². The van der Waals surface area contributed by atoms with Crippen LogP contribution >= 0.6 is 11.3 Å². The van der Waals surface area contributed by atoms with Crippen LogP contribution in [0, 0.1) is 0 Å². The van der Waals surface area contributed by atoms with Gasteiger partial charge >= 0.3 is 0 Å². The molecule has 172 valence electrons. The number of likely N-dealkylation sites (N-methyl/N-ethyl adjacent to an activating group) is 1. The van der Waals surface area contributed by atoms with E-state index in [9.17, 15) is 4.79 Å². The Morgan fingerprint density at radius 1 is 0.879 bits per heavy atom. The number of amides is 1. The molecule has 1 N–H and O–H groups in total. The zero-order valence-electron chi connectivity index (χ0n) is 18.9. The highest BCUT2D eigenvalue weighted by Gasteiger charge is 2.16. The molecule has 2 aromatic carbocycles. The van der Waals surface area contributed by atoms with E-state index in [0.717, 1.165) is 74.4 Å². The first kappa shape index (κ1) is 21.9. The molecule has 0 aliphatic carbocycles. The number of rotatable bonds is 5. The number of aromatic nitrogens is 1. The molecule has 3 aromatic rings. The van der Waals surface area contributed by atoms with Gasteiger partial charge in [-0.3, -0.25) is 4.79 Å². The second-order valence-electron chi connectivity index (χ2n) is 8.48. The first-order chi connectivity index (χ1) is 16.2. The van der Waals surface area contributed by atoms with Crippen molar-refractivity contribution in [3.05, 3.63) is 59.6 Å². The summed E-state index contributed by atoms with van der Waals surface area (Å²) in [5, 5.41) is 5.64. The molecular weight excluding hydrogens is 434 g/mol. The van der Waals surface area contributed by atoms with E-state index in [1.54, 1.807) is 0 Å². The zero-order valence-corrected chi connectivity index (χ0v) is 19.7. The molecule has 0 saturated carbocycles. The molecule has 2 aliphatic rings. The van der Waals surface area contributed by atoms with E-state index in [2.05, 4.69) is 56.3 Å². The number of carbonyl (C=O) groups is 1. The molecular formula is C25H29N5O2S. The Hall–Kier alpha value is -2.94. The lowest BCUT2D eigenvalue weighted by atomic mass is 10.2. The number of anilines is 3. The minimum absolute atomic E-state index is 0.189. The minimum Gasteiger partial charge on any atom is -0.378 e. The van der Waals surface area contributed by atoms with Crippen LogP contribution in [0.4, 0.5) is 17.1 Å². The molecule has 1 aromatic heterocycles. The number of nitrogens with one attached hydrogen (secondary N) is 1. The summed E-state index contributed by atoms with van der Waals surface area (Å²) in [5.74, 6) is -0.189. The first-order valence-electron chi connectivity index (χ1n) is 11.4. The lowest BCUT2D eigenvalue weighted by Crippen LogP contribution is -2.44. The predicted octanol–water partition coefficient (Wildman–Crippen LogP) is 3.65. The average molecular weight is 464 g/mol. The lowest BCUT2D eigenvalue weighted by Gasteiger charge is -2.34. The Morgan fingerprint density at radius 3 is 2.15 bits per heavy atom. The van der Waals surface area contributed by atoms with Crippen molar-refractivity contribution in [2.45, 2.75) is 0 Å². The molecule has 33 heavy (non-hydrogen) atoms. The van der Waals surface area contributed by atoms with Crippen LogP contribution in [0.15, 0.2) is 53.9 Å². The number of hydrogen-bond donors (Lipinski definition) is 1. The van der Waals surface area contributed by atoms with Crippen molar-refractivity contribution in [3.8, 4) is 10.6 Å². The first-order valence-corrected chi connectivity index (χ1v) is 12.3. The largest absolute Gasteiger partial charge is 0.378 e. The molecule has 0 spiro atoms. The van der Waals surface area contributed by atoms with E-state index in [-0.39, 0.29) is 5.91 Å². The molecule has 5 rings (SSSR count). The molecule has 0 bridgehead atoms. The standard InChI is InChI=1S/C25H29N5O2S/c1-28-10-12-29(13-11-28)21-6-2-19(3-7-21)25-27-23(18-33-25)24(31)26-20-4-8-22(9-5-20)30-14-16-32-17-15-30/h2-9,18H,10-17H2,1H3,(H,26,31). The highest BCUT2D eigenvalue weighted by molar-refractivity contribution is 7.13. The van der Waals surface area contributed by atoms with Gasteiger partial charge in [-0.2, -0.15) is 0 Å². The van der Waals surface area contributed by atoms with Crippen molar-refractivity contribution in [2.24, 2.45) is 0 Å². The maximum atomic E-state index is 12.7. The van der Waals surface area contributed by atoms with E-state index in [4.69, 9.17) is 4.74 Å². The van der Waals surface area contributed by atoms with Gasteiger partial charge in [0.25, 0.3) is 5.91 Å². The summed E-state index contributed by atoms with van der Waals surface area (Å²) in [5.41, 5.74) is 4.62. The summed E-state index contributed by atoms with van der Waals surface area (Å²) in [6.45, 7) is 7.56. The third-order valence-corrected chi connectivity index (χ3v) is 7.11. The normalized spacial score (nSPS) is 17.2. The smallest absolute Gasteiger partial charge is 0.275 e. The fraction of sp³-hybridized carbons (Fsp3) is 0.360. The van der Waals surface area contributed by atoms with Gasteiger partial charge in [0.05, 0.1) is 13.2 Å². The summed E-state index contributed by atoms with van der Waals surface area (Å²) in [6, 6.07) is 16.4. The second-order valence-corrected chi connectivity index (χ2v) is 9.33. The third kappa shape index (κ3) is 5.19. The lowest BCUT2D eigenvalue weighted by molar-refractivity contribution is 0.102. The molecule has 7 nitrogen and oxygen atoms in total. The van der Waals surface area contributed by atoms with Gasteiger partial charge in [-0.1, -0.05) is 0 Å². The Labute approximate surface area is 198 Å². The summed E-state index contributed by atoms with van der Waals surface area (Å²) in [4.78, 5) is 24.4. The number of hydrogen-bond acceptors (Lipinski definition) is 7. The van der Waals surface area contributed by atoms with Gasteiger partial charge in [-0.05, 0) is 55.6 Å². The highest BCUT2D eigenvalue weighted by atomic mass is 32.1. The number of morpholine rings is 1. The molecule has 2 fully saturated rings. The third-order valence-electron chi connectivity index (χ3n) is 6.22. The van der Waals surface area contributed by atoms with Crippen LogP contribution in [-0.4, -0.2) is 75.3 Å². The Kier molecular flexibility index (Phi) is 6.57. The van der Waals surface area contributed by atoms with Crippen molar-refractivity contribution in [2.75, 3.05) is 74.6 Å². The van der Waals surface area contributed by atoms with E-state index >= 15 is 0 Å². The molecule has 1 amide bonds. The monoisotopic (exact) mass is 463 g/mol. The zero-order chi connectivity index (χ0) is 22.6. The Morgan fingerprint density at radius 2 is 1.48 bits per heavy atom. The van der Waals surface area contributed by atoms with Crippen molar-refractivity contribution in [1.29, 1.82) is 0 Å². The van der Waals surface area contributed by atoms with Crippen molar-refractivity contribution >= 4 is 34.3 Å². The number of piperazine rings is 1. The maximum Gasteiger partial charge on any atom is 0.275 e. The van der Waals surface area contributed by atoms with Crippen molar-refractivity contribution in [3.63, 3.8) is 0 Å². The molecule has 0 atom stereocenters. The number of thiazole rings is 1. The number of carbonyl (C=O) groups excluding carboxylic acids is 1. The fourth-order valence-corrected chi connectivity index (χ4v) is 4.97. The van der Waals surface area contributed by atoms with Gasteiger partial charge in [0.1, 0.15) is 10.7 Å². The van der Waals surface area contributed by atoms with Crippen molar-refractivity contribution < 1.29 is 9.53 Å². The SMILES string of the molecule is CN1CCN(c2ccc(-c3nc(C(=O)Nc4ccc(N5CCOCC5)cc4)cs3)cc2)CC1. The topological polar surface area (TPSA) is 60.9 Å². The quantitative estimate of drug-likeness (QED) is 0.623. The van der Waals surface area contributed by atoms with Crippen LogP contribution in [0.2, 0.25) is 0 Å². The predicted molar refractivity (Wildman–Crippen MR) is 135 cm³/mol. The molecule has 0 unspecified atom stereocenters. The highest BCUT2D eigenvalue weighted by Crippen LogP contribution is 2.27. The van der Waals surface area contributed by atoms with E-state index in [1.165, 1.54) is 17.0 Å². The summed E-state index contributed by atoms with van der Waals surface area (Å²) >= 11 is 1.49. The van der Waals surface area contributed by atoms with Gasteiger partial charge in [0, 0.05) is 67.3 Å². The van der Waals surface area contributed by atoms with Gasteiger partial charge in [0.15, 0.2) is 0 Å². The van der Waals surface area contributed by atoms with Crippen LogP contribution in [0.1, 0.15) is 10.5 Å². The minimum atomic E-state index is -0.189. The molecule has 0 radical (unpaired) electrons. The fourth-order valence-electron chi connectivity index (χ4n) is 4.16. The molecule has 8 heteroatoms. The second kappa shape index (κ2) is 9.91. The average Bonchev–Trinajstić information content (AvgIpc) is 3.36. The van der Waals surface area contributed by atoms with Crippen LogP contribution in [0.5, 0.6) is 0 Å².